The van der Waals surface area contributed by atoms with Crippen molar-refractivity contribution >= 4 is 25.7 Å². The molecular formula is C36H66NO10P. The van der Waals surface area contributed by atoms with E-state index in [4.69, 9.17) is 24.8 Å². The van der Waals surface area contributed by atoms with Gasteiger partial charge in [0.1, 0.15) is 12.6 Å². The van der Waals surface area contributed by atoms with E-state index in [9.17, 15) is 23.8 Å². The number of phosphoric acid groups is 1. The Morgan fingerprint density at radius 3 is 1.58 bits per heavy atom. The highest BCUT2D eigenvalue weighted by atomic mass is 31.2. The van der Waals surface area contributed by atoms with Crippen molar-refractivity contribution in [2.45, 2.75) is 167 Å². The summed E-state index contributed by atoms with van der Waals surface area (Å²) in [5, 5.41) is 8.84. The molecule has 0 bridgehead atoms. The van der Waals surface area contributed by atoms with Gasteiger partial charge in [0.15, 0.2) is 6.10 Å². The van der Waals surface area contributed by atoms with Crippen LogP contribution < -0.4 is 5.73 Å². The minimum absolute atomic E-state index is 0.150. The van der Waals surface area contributed by atoms with Crippen LogP contribution in [0.2, 0.25) is 0 Å². The lowest BCUT2D eigenvalue weighted by atomic mass is 10.1. The van der Waals surface area contributed by atoms with Crippen molar-refractivity contribution in [3.8, 4) is 0 Å². The van der Waals surface area contributed by atoms with Crippen LogP contribution in [0.4, 0.5) is 0 Å². The molecule has 48 heavy (non-hydrogen) atoms. The summed E-state index contributed by atoms with van der Waals surface area (Å²) in [6.45, 7) is 2.70. The SMILES string of the molecule is CCCC/C=C\CCCCCCCC(=O)OCC(COP(=O)(O)OCC(N)C(=O)O)OC(=O)CCCCCCC/C=C\CCCCCC. The third kappa shape index (κ3) is 31.2. The van der Waals surface area contributed by atoms with E-state index in [0.717, 1.165) is 77.0 Å². The van der Waals surface area contributed by atoms with Gasteiger partial charge in [-0.25, -0.2) is 4.57 Å². The topological polar surface area (TPSA) is 172 Å². The van der Waals surface area contributed by atoms with E-state index < -0.39 is 51.1 Å². The van der Waals surface area contributed by atoms with Crippen molar-refractivity contribution in [3.05, 3.63) is 24.3 Å². The van der Waals surface area contributed by atoms with Crippen LogP contribution in [0.3, 0.4) is 0 Å². The van der Waals surface area contributed by atoms with Gasteiger partial charge in [-0.1, -0.05) is 109 Å². The highest BCUT2D eigenvalue weighted by molar-refractivity contribution is 7.47. The van der Waals surface area contributed by atoms with Gasteiger partial charge in [-0.2, -0.15) is 0 Å². The van der Waals surface area contributed by atoms with Gasteiger partial charge < -0.3 is 25.2 Å². The number of hydrogen-bond acceptors (Lipinski definition) is 9. The monoisotopic (exact) mass is 703 g/mol. The van der Waals surface area contributed by atoms with E-state index in [2.05, 4.69) is 42.7 Å². The van der Waals surface area contributed by atoms with E-state index in [1.165, 1.54) is 38.5 Å². The number of hydrogen-bond donors (Lipinski definition) is 3. The Balaban J connectivity index is 4.49. The maximum atomic E-state index is 12.5. The summed E-state index contributed by atoms with van der Waals surface area (Å²) in [6.07, 6.45) is 29.7. The summed E-state index contributed by atoms with van der Waals surface area (Å²) >= 11 is 0. The largest absolute Gasteiger partial charge is 0.480 e. The third-order valence-electron chi connectivity index (χ3n) is 7.67. The Morgan fingerprint density at radius 2 is 1.06 bits per heavy atom. The molecule has 0 saturated heterocycles. The van der Waals surface area contributed by atoms with Crippen molar-refractivity contribution < 1.29 is 47.5 Å². The average Bonchev–Trinajstić information content (AvgIpc) is 3.05. The first-order valence-electron chi connectivity index (χ1n) is 18.4. The second-order valence-electron chi connectivity index (χ2n) is 12.3. The summed E-state index contributed by atoms with van der Waals surface area (Å²) < 4.78 is 32.5. The van der Waals surface area contributed by atoms with Crippen LogP contribution in [0.25, 0.3) is 0 Å². The van der Waals surface area contributed by atoms with Crippen LogP contribution >= 0.6 is 7.82 Å². The quantitative estimate of drug-likeness (QED) is 0.0253. The molecule has 12 heteroatoms. The number of carboxylic acid groups (broad SMARTS) is 1. The Hall–Kier alpha value is -2.04. The lowest BCUT2D eigenvalue weighted by Crippen LogP contribution is -2.34. The van der Waals surface area contributed by atoms with Gasteiger partial charge in [-0.3, -0.25) is 23.4 Å². The molecule has 0 spiro atoms. The van der Waals surface area contributed by atoms with Crippen LogP contribution in [-0.2, 0) is 37.5 Å². The summed E-state index contributed by atoms with van der Waals surface area (Å²) in [6, 6.07) is -1.52. The highest BCUT2D eigenvalue weighted by Gasteiger charge is 2.28. The van der Waals surface area contributed by atoms with Gasteiger partial charge in [-0.15, -0.1) is 0 Å². The van der Waals surface area contributed by atoms with Crippen LogP contribution in [0, 0.1) is 0 Å². The van der Waals surface area contributed by atoms with Gasteiger partial charge in [0.2, 0.25) is 0 Å². The van der Waals surface area contributed by atoms with Gasteiger partial charge in [0.05, 0.1) is 13.2 Å². The van der Waals surface area contributed by atoms with Gasteiger partial charge >= 0.3 is 25.7 Å². The Labute approximate surface area is 290 Å². The third-order valence-corrected chi connectivity index (χ3v) is 8.62. The number of aliphatic carboxylic acids is 1. The number of unbranched alkanes of at least 4 members (excludes halogenated alkanes) is 16. The van der Waals surface area contributed by atoms with E-state index in [1.807, 2.05) is 0 Å². The predicted molar refractivity (Wildman–Crippen MR) is 189 cm³/mol. The number of carboxylic acids is 1. The summed E-state index contributed by atoms with van der Waals surface area (Å²) in [4.78, 5) is 45.6. The van der Waals surface area contributed by atoms with Gasteiger partial charge in [0.25, 0.3) is 0 Å². The summed E-state index contributed by atoms with van der Waals surface area (Å²) in [7, 11) is -4.71. The minimum Gasteiger partial charge on any atom is -0.480 e. The zero-order valence-corrected chi connectivity index (χ0v) is 30.7. The maximum absolute atomic E-state index is 12.5. The van der Waals surface area contributed by atoms with E-state index in [1.54, 1.807) is 0 Å². The predicted octanol–water partition coefficient (Wildman–Crippen LogP) is 8.72. The smallest absolute Gasteiger partial charge is 0.472 e. The Kier molecular flexibility index (Phi) is 30.8. The molecule has 3 atom stereocenters. The number of carbonyl (C=O) groups excluding carboxylic acids is 2. The second kappa shape index (κ2) is 32.2. The van der Waals surface area contributed by atoms with Crippen molar-refractivity contribution in [1.82, 2.24) is 0 Å². The fraction of sp³-hybridized carbons (Fsp3) is 0.806. The molecule has 0 heterocycles. The number of nitrogens with two attached hydrogens (primary N) is 1. The molecule has 0 aliphatic carbocycles. The molecule has 0 saturated carbocycles. The van der Waals surface area contributed by atoms with E-state index in [-0.39, 0.29) is 19.4 Å². The molecule has 0 fully saturated rings. The van der Waals surface area contributed by atoms with Crippen LogP contribution in [-0.4, -0.2) is 59.9 Å². The molecule has 0 aliphatic rings. The summed E-state index contributed by atoms with van der Waals surface area (Å²) in [5.41, 5.74) is 5.30. The molecule has 0 amide bonds. The van der Waals surface area contributed by atoms with Crippen molar-refractivity contribution in [1.29, 1.82) is 0 Å². The molecule has 0 aromatic rings. The summed E-state index contributed by atoms with van der Waals surface area (Å²) in [5.74, 6) is -2.40. The number of carbonyl (C=O) groups is 3. The normalized spacial score (nSPS) is 14.2. The molecule has 0 aromatic carbocycles. The number of esters is 2. The van der Waals surface area contributed by atoms with Gasteiger partial charge in [0, 0.05) is 12.8 Å². The zero-order chi connectivity index (χ0) is 35.7. The Bertz CT molecular complexity index is 926. The molecular weight excluding hydrogens is 637 g/mol. The zero-order valence-electron chi connectivity index (χ0n) is 29.8. The highest BCUT2D eigenvalue weighted by Crippen LogP contribution is 2.43. The van der Waals surface area contributed by atoms with Crippen molar-refractivity contribution in [2.24, 2.45) is 5.73 Å². The first kappa shape index (κ1) is 46.0. The van der Waals surface area contributed by atoms with Crippen LogP contribution in [0.5, 0.6) is 0 Å². The second-order valence-corrected chi connectivity index (χ2v) is 13.8. The molecule has 0 rings (SSSR count). The van der Waals surface area contributed by atoms with Crippen molar-refractivity contribution in [2.75, 3.05) is 19.8 Å². The van der Waals surface area contributed by atoms with Crippen LogP contribution in [0.15, 0.2) is 24.3 Å². The molecule has 4 N–H and O–H groups in total. The van der Waals surface area contributed by atoms with Crippen LogP contribution in [0.1, 0.15) is 155 Å². The molecule has 11 nitrogen and oxygen atoms in total. The van der Waals surface area contributed by atoms with E-state index >= 15 is 0 Å². The maximum Gasteiger partial charge on any atom is 0.472 e. The lowest BCUT2D eigenvalue weighted by molar-refractivity contribution is -0.161. The first-order chi connectivity index (χ1) is 23.1. The first-order valence-corrected chi connectivity index (χ1v) is 19.9. The molecule has 0 aromatic heterocycles. The lowest BCUT2D eigenvalue weighted by Gasteiger charge is -2.20. The fourth-order valence-electron chi connectivity index (χ4n) is 4.69. The molecule has 0 aliphatic heterocycles. The molecule has 0 radical (unpaired) electrons. The fourth-order valence-corrected chi connectivity index (χ4v) is 5.46. The standard InChI is InChI=1S/C36H66NO10P/c1-3-5-7-9-11-13-15-16-18-20-22-24-26-28-35(39)47-32(30-45-48(42,43)46-31-33(37)36(40)41)29-44-34(38)27-25-23-21-19-17-14-12-10-8-6-4-2/h10,12-13,15,32-33H,3-9,11,14,16-31,37H2,1-2H3,(H,40,41)(H,42,43)/b12-10-,15-13-. The minimum atomic E-state index is -4.71. The average molecular weight is 704 g/mol. The number of allylic oxidation sites excluding steroid dienone is 4. The molecule has 280 valence electrons. The van der Waals surface area contributed by atoms with Gasteiger partial charge in [-0.05, 0) is 57.8 Å². The van der Waals surface area contributed by atoms with Crippen molar-refractivity contribution in [3.63, 3.8) is 0 Å². The number of ether oxygens (including phenoxy) is 2. The molecule has 3 unspecified atom stereocenters. The Morgan fingerprint density at radius 1 is 0.625 bits per heavy atom. The number of phosphoric ester groups is 1. The number of rotatable bonds is 34. The van der Waals surface area contributed by atoms with E-state index in [0.29, 0.717) is 12.8 Å².